The van der Waals surface area contributed by atoms with Gasteiger partial charge in [0.15, 0.2) is 11.0 Å². The average Bonchev–Trinajstić information content (AvgIpc) is 3.03. The summed E-state index contributed by atoms with van der Waals surface area (Å²) in [5.41, 5.74) is 2.48. The van der Waals surface area contributed by atoms with Crippen LogP contribution in [0.1, 0.15) is 11.3 Å². The van der Waals surface area contributed by atoms with E-state index in [1.807, 2.05) is 85.8 Å². The molecule has 2 heterocycles. The zero-order valence-electron chi connectivity index (χ0n) is 16.1. The van der Waals surface area contributed by atoms with Crippen molar-refractivity contribution in [3.8, 4) is 5.75 Å². The van der Waals surface area contributed by atoms with Crippen molar-refractivity contribution in [3.63, 3.8) is 0 Å². The molecule has 2 aromatic carbocycles. The molecule has 1 fully saturated rings. The molecule has 0 aliphatic carbocycles. The average molecular weight is 401 g/mol. The van der Waals surface area contributed by atoms with E-state index in [0.717, 1.165) is 16.9 Å². The van der Waals surface area contributed by atoms with Crippen LogP contribution >= 0.6 is 11.8 Å². The summed E-state index contributed by atoms with van der Waals surface area (Å²) in [5, 5.41) is 0.570. The number of thioether (sulfide) groups is 1. The Morgan fingerprint density at radius 2 is 1.76 bits per heavy atom. The van der Waals surface area contributed by atoms with Gasteiger partial charge in [0.2, 0.25) is 0 Å². The van der Waals surface area contributed by atoms with Crippen LogP contribution in [0.4, 0.5) is 11.5 Å². The summed E-state index contributed by atoms with van der Waals surface area (Å²) >= 11 is 1.33. The largest absolute Gasteiger partial charge is 0.496 e. The van der Waals surface area contributed by atoms with Crippen LogP contribution in [0.25, 0.3) is 6.08 Å². The first-order valence-corrected chi connectivity index (χ1v) is 9.92. The molecule has 0 N–H and O–H groups in total. The van der Waals surface area contributed by atoms with Gasteiger partial charge in [0.1, 0.15) is 5.75 Å². The van der Waals surface area contributed by atoms with E-state index < -0.39 is 0 Å². The van der Waals surface area contributed by atoms with Crippen molar-refractivity contribution < 1.29 is 9.53 Å². The SMILES string of the molecule is COc1ccccc1/C=C1\S/C(=N/c2cccc(C)n2)N(c2ccccc2)C1=O. The number of anilines is 1. The highest BCUT2D eigenvalue weighted by Gasteiger charge is 2.35. The van der Waals surface area contributed by atoms with Gasteiger partial charge in [-0.3, -0.25) is 9.69 Å². The van der Waals surface area contributed by atoms with Gasteiger partial charge in [0.25, 0.3) is 5.91 Å². The molecule has 0 saturated carbocycles. The molecule has 1 aliphatic rings. The van der Waals surface area contributed by atoms with Gasteiger partial charge in [-0.1, -0.05) is 42.5 Å². The van der Waals surface area contributed by atoms with Crippen molar-refractivity contribution in [2.45, 2.75) is 6.92 Å². The minimum absolute atomic E-state index is 0.126. The number of rotatable bonds is 4. The molecule has 6 heteroatoms. The molecule has 4 rings (SSSR count). The van der Waals surface area contributed by atoms with Crippen molar-refractivity contribution in [1.82, 2.24) is 4.98 Å². The van der Waals surface area contributed by atoms with E-state index >= 15 is 0 Å². The first kappa shape index (κ1) is 19.0. The number of amides is 1. The Kier molecular flexibility index (Phi) is 5.44. The van der Waals surface area contributed by atoms with E-state index in [2.05, 4.69) is 9.98 Å². The lowest BCUT2D eigenvalue weighted by Gasteiger charge is -2.15. The number of hydrogen-bond acceptors (Lipinski definition) is 5. The van der Waals surface area contributed by atoms with E-state index in [4.69, 9.17) is 4.74 Å². The second kappa shape index (κ2) is 8.32. The zero-order chi connectivity index (χ0) is 20.2. The molecule has 0 spiro atoms. The van der Waals surface area contributed by atoms with Gasteiger partial charge in [-0.2, -0.15) is 0 Å². The predicted molar refractivity (Wildman–Crippen MR) is 119 cm³/mol. The van der Waals surface area contributed by atoms with Gasteiger partial charge in [-0.25, -0.2) is 9.98 Å². The molecule has 1 saturated heterocycles. The first-order valence-electron chi connectivity index (χ1n) is 9.10. The van der Waals surface area contributed by atoms with Crippen LogP contribution in [0, 0.1) is 6.92 Å². The molecule has 1 aromatic heterocycles. The third kappa shape index (κ3) is 4.07. The van der Waals surface area contributed by atoms with Crippen LogP contribution in [-0.2, 0) is 4.79 Å². The van der Waals surface area contributed by atoms with Gasteiger partial charge in [0, 0.05) is 11.3 Å². The number of carbonyl (C=O) groups is 1. The molecule has 3 aromatic rings. The number of para-hydroxylation sites is 2. The molecule has 1 aliphatic heterocycles. The Balaban J connectivity index is 1.79. The maximum absolute atomic E-state index is 13.3. The Hall–Kier alpha value is -3.38. The fourth-order valence-electron chi connectivity index (χ4n) is 2.97. The lowest BCUT2D eigenvalue weighted by Crippen LogP contribution is -2.28. The van der Waals surface area contributed by atoms with Gasteiger partial charge in [0.05, 0.1) is 17.7 Å². The molecule has 0 bridgehead atoms. The standard InChI is InChI=1S/C23H19N3O2S/c1-16-9-8-14-21(24-16)25-23-26(18-11-4-3-5-12-18)22(27)20(29-23)15-17-10-6-7-13-19(17)28-2/h3-15H,1-2H3/b20-15-,25-23+. The summed E-state index contributed by atoms with van der Waals surface area (Å²) < 4.78 is 5.42. The molecule has 5 nitrogen and oxygen atoms in total. The Bertz CT molecular complexity index is 1110. The number of pyridine rings is 1. The molecule has 0 atom stereocenters. The monoisotopic (exact) mass is 401 g/mol. The van der Waals surface area contributed by atoms with Crippen molar-refractivity contribution in [3.05, 3.63) is 89.0 Å². The lowest BCUT2D eigenvalue weighted by atomic mass is 10.2. The van der Waals surface area contributed by atoms with Gasteiger partial charge in [-0.15, -0.1) is 0 Å². The Morgan fingerprint density at radius 1 is 1.00 bits per heavy atom. The van der Waals surface area contributed by atoms with E-state index in [1.165, 1.54) is 11.8 Å². The minimum atomic E-state index is -0.126. The summed E-state index contributed by atoms with van der Waals surface area (Å²) in [6.07, 6.45) is 1.84. The molecule has 0 radical (unpaired) electrons. The summed E-state index contributed by atoms with van der Waals surface area (Å²) in [4.78, 5) is 24.6. The number of nitrogens with zero attached hydrogens (tertiary/aromatic N) is 3. The van der Waals surface area contributed by atoms with Gasteiger partial charge >= 0.3 is 0 Å². The Labute approximate surface area is 173 Å². The molecular weight excluding hydrogens is 382 g/mol. The van der Waals surface area contributed by atoms with Crippen molar-refractivity contribution >= 4 is 40.4 Å². The van der Waals surface area contributed by atoms with E-state index in [0.29, 0.717) is 21.6 Å². The van der Waals surface area contributed by atoms with E-state index in [9.17, 15) is 4.79 Å². The number of amidine groups is 1. The van der Waals surface area contributed by atoms with Crippen LogP contribution in [0.5, 0.6) is 5.75 Å². The highest BCUT2D eigenvalue weighted by Crippen LogP contribution is 2.38. The van der Waals surface area contributed by atoms with E-state index in [1.54, 1.807) is 12.0 Å². The number of aryl methyl sites for hydroxylation is 1. The topological polar surface area (TPSA) is 54.8 Å². The van der Waals surface area contributed by atoms with Crippen molar-refractivity contribution in [2.24, 2.45) is 4.99 Å². The fraction of sp³-hybridized carbons (Fsp3) is 0.0870. The molecular formula is C23H19N3O2S. The molecule has 0 unspecified atom stereocenters. The fourth-order valence-corrected chi connectivity index (χ4v) is 3.95. The minimum Gasteiger partial charge on any atom is -0.496 e. The van der Waals surface area contributed by atoms with E-state index in [-0.39, 0.29) is 5.91 Å². The van der Waals surface area contributed by atoms with Gasteiger partial charge in [-0.05, 0) is 55.1 Å². The number of methoxy groups -OCH3 is 1. The summed E-state index contributed by atoms with van der Waals surface area (Å²) in [7, 11) is 1.62. The predicted octanol–water partition coefficient (Wildman–Crippen LogP) is 5.21. The van der Waals surface area contributed by atoms with Crippen molar-refractivity contribution in [1.29, 1.82) is 0 Å². The first-order chi connectivity index (χ1) is 14.2. The highest BCUT2D eigenvalue weighted by atomic mass is 32.2. The van der Waals surface area contributed by atoms with Crippen LogP contribution in [0.15, 0.2) is 82.7 Å². The summed E-state index contributed by atoms with van der Waals surface area (Å²) in [6, 6.07) is 22.8. The van der Waals surface area contributed by atoms with Crippen LogP contribution in [-0.4, -0.2) is 23.2 Å². The maximum Gasteiger partial charge on any atom is 0.271 e. The smallest absolute Gasteiger partial charge is 0.271 e. The Morgan fingerprint density at radius 3 is 2.52 bits per heavy atom. The molecule has 144 valence electrons. The van der Waals surface area contributed by atoms with Crippen molar-refractivity contribution in [2.75, 3.05) is 12.0 Å². The number of benzene rings is 2. The number of hydrogen-bond donors (Lipinski definition) is 0. The molecule has 29 heavy (non-hydrogen) atoms. The third-order valence-corrected chi connectivity index (χ3v) is 5.30. The van der Waals surface area contributed by atoms with Crippen LogP contribution in [0.2, 0.25) is 0 Å². The third-order valence-electron chi connectivity index (χ3n) is 4.33. The van der Waals surface area contributed by atoms with Gasteiger partial charge < -0.3 is 4.74 Å². The summed E-state index contributed by atoms with van der Waals surface area (Å²) in [6.45, 7) is 1.92. The number of aliphatic imine (C=N–C) groups is 1. The van der Waals surface area contributed by atoms with Crippen LogP contribution in [0.3, 0.4) is 0 Å². The molecule has 1 amide bonds. The summed E-state index contributed by atoms with van der Waals surface area (Å²) in [5.74, 6) is 1.16. The number of carbonyl (C=O) groups excluding carboxylic acids is 1. The number of aromatic nitrogens is 1. The lowest BCUT2D eigenvalue weighted by molar-refractivity contribution is -0.113. The number of ether oxygens (including phenoxy) is 1. The zero-order valence-corrected chi connectivity index (χ0v) is 16.9. The maximum atomic E-state index is 13.3. The second-order valence-electron chi connectivity index (χ2n) is 6.36. The van der Waals surface area contributed by atoms with Crippen LogP contribution < -0.4 is 9.64 Å². The normalized spacial score (nSPS) is 16.6. The second-order valence-corrected chi connectivity index (χ2v) is 7.37. The highest BCUT2D eigenvalue weighted by molar-refractivity contribution is 8.19. The quantitative estimate of drug-likeness (QED) is 0.563.